The lowest BCUT2D eigenvalue weighted by Crippen LogP contribution is -2.42. The van der Waals surface area contributed by atoms with Crippen LogP contribution < -0.4 is 0 Å². The summed E-state index contributed by atoms with van der Waals surface area (Å²) in [7, 11) is 0. The molecular formula is C10H18ClNO2. The normalized spacial score (nSPS) is 22.0. The second-order valence-electron chi connectivity index (χ2n) is 3.46. The molecule has 3 nitrogen and oxygen atoms in total. The molecule has 0 aromatic carbocycles. The number of amides is 1. The molecule has 0 aromatic heterocycles. The minimum Gasteiger partial charge on any atom is -0.368 e. The molecule has 1 rings (SSSR count). The molecule has 0 aliphatic carbocycles. The topological polar surface area (TPSA) is 29.5 Å². The molecule has 4 heteroatoms. The van der Waals surface area contributed by atoms with Crippen LogP contribution in [0.3, 0.4) is 0 Å². The van der Waals surface area contributed by atoms with Crippen LogP contribution in [0.1, 0.15) is 26.2 Å². The summed E-state index contributed by atoms with van der Waals surface area (Å²) in [6.07, 6.45) is 2.81. The molecule has 1 unspecified atom stereocenters. The molecule has 1 heterocycles. The number of rotatable bonds is 4. The molecule has 14 heavy (non-hydrogen) atoms. The van der Waals surface area contributed by atoms with E-state index in [1.165, 1.54) is 0 Å². The second-order valence-corrected chi connectivity index (χ2v) is 3.84. The van der Waals surface area contributed by atoms with Crippen LogP contribution in [0.25, 0.3) is 0 Å². The first-order chi connectivity index (χ1) is 6.79. The third kappa shape index (κ3) is 3.14. The highest BCUT2D eigenvalue weighted by atomic mass is 35.5. The van der Waals surface area contributed by atoms with Crippen molar-refractivity contribution >= 4 is 17.5 Å². The maximum Gasteiger partial charge on any atom is 0.251 e. The van der Waals surface area contributed by atoms with E-state index in [1.807, 2.05) is 6.92 Å². The van der Waals surface area contributed by atoms with Crippen molar-refractivity contribution in [3.05, 3.63) is 0 Å². The molecule has 1 fully saturated rings. The van der Waals surface area contributed by atoms with Crippen molar-refractivity contribution in [3.63, 3.8) is 0 Å². The Morgan fingerprint density at radius 2 is 2.36 bits per heavy atom. The summed E-state index contributed by atoms with van der Waals surface area (Å²) < 4.78 is 5.43. The van der Waals surface area contributed by atoms with Crippen LogP contribution in [-0.4, -0.2) is 42.5 Å². The van der Waals surface area contributed by atoms with Gasteiger partial charge in [-0.2, -0.15) is 0 Å². The lowest BCUT2D eigenvalue weighted by atomic mass is 10.1. The summed E-state index contributed by atoms with van der Waals surface area (Å²) in [5, 5.41) is 0. The van der Waals surface area contributed by atoms with E-state index in [-0.39, 0.29) is 12.0 Å². The van der Waals surface area contributed by atoms with Crippen molar-refractivity contribution in [2.75, 3.05) is 25.6 Å². The van der Waals surface area contributed by atoms with Gasteiger partial charge in [0.2, 0.25) is 0 Å². The molecule has 1 amide bonds. The lowest BCUT2D eigenvalue weighted by molar-refractivity contribution is -0.146. The fraction of sp³-hybridized carbons (Fsp3) is 0.900. The van der Waals surface area contributed by atoms with Gasteiger partial charge in [0.25, 0.3) is 5.91 Å². The summed E-state index contributed by atoms with van der Waals surface area (Å²) >= 11 is 5.62. The number of hydrogen-bond donors (Lipinski definition) is 0. The Morgan fingerprint density at radius 1 is 1.57 bits per heavy atom. The van der Waals surface area contributed by atoms with Crippen LogP contribution in [0.4, 0.5) is 0 Å². The number of hydrogen-bond acceptors (Lipinski definition) is 2. The highest BCUT2D eigenvalue weighted by Crippen LogP contribution is 2.14. The molecule has 0 aromatic rings. The molecule has 0 bridgehead atoms. The SMILES string of the molecule is CCN(CCCl)C(=O)C1CCCCO1. The third-order valence-corrected chi connectivity index (χ3v) is 2.67. The van der Waals surface area contributed by atoms with Crippen molar-refractivity contribution in [1.82, 2.24) is 4.90 Å². The van der Waals surface area contributed by atoms with Gasteiger partial charge in [0.15, 0.2) is 0 Å². The first kappa shape index (κ1) is 11.8. The molecule has 1 aliphatic rings. The summed E-state index contributed by atoms with van der Waals surface area (Å²) in [5.41, 5.74) is 0. The van der Waals surface area contributed by atoms with Crippen LogP contribution in [-0.2, 0) is 9.53 Å². The van der Waals surface area contributed by atoms with Crippen molar-refractivity contribution in [2.45, 2.75) is 32.3 Å². The highest BCUT2D eigenvalue weighted by molar-refractivity contribution is 6.18. The Kier molecular flexibility index (Phi) is 5.26. The van der Waals surface area contributed by atoms with E-state index in [4.69, 9.17) is 16.3 Å². The number of carbonyl (C=O) groups excluding carboxylic acids is 1. The number of ether oxygens (including phenoxy) is 1. The van der Waals surface area contributed by atoms with Crippen LogP contribution in [0.5, 0.6) is 0 Å². The number of likely N-dealkylation sites (N-methyl/N-ethyl adjacent to an activating group) is 1. The fourth-order valence-corrected chi connectivity index (χ4v) is 1.87. The first-order valence-corrected chi connectivity index (χ1v) is 5.79. The van der Waals surface area contributed by atoms with E-state index in [2.05, 4.69) is 0 Å². The Balaban J connectivity index is 2.43. The lowest BCUT2D eigenvalue weighted by Gasteiger charge is -2.28. The van der Waals surface area contributed by atoms with Crippen molar-refractivity contribution < 1.29 is 9.53 Å². The fourth-order valence-electron chi connectivity index (χ4n) is 1.67. The quantitative estimate of drug-likeness (QED) is 0.673. The molecule has 0 N–H and O–H groups in total. The molecule has 0 saturated carbocycles. The number of nitrogens with zero attached hydrogens (tertiary/aromatic N) is 1. The molecule has 1 atom stereocenters. The van der Waals surface area contributed by atoms with E-state index >= 15 is 0 Å². The van der Waals surface area contributed by atoms with E-state index in [0.717, 1.165) is 25.9 Å². The van der Waals surface area contributed by atoms with Gasteiger partial charge in [-0.05, 0) is 26.2 Å². The van der Waals surface area contributed by atoms with Gasteiger partial charge in [-0.3, -0.25) is 4.79 Å². The van der Waals surface area contributed by atoms with Crippen LogP contribution >= 0.6 is 11.6 Å². The minimum atomic E-state index is -0.216. The van der Waals surface area contributed by atoms with Gasteiger partial charge in [-0.1, -0.05) is 0 Å². The Labute approximate surface area is 90.4 Å². The van der Waals surface area contributed by atoms with Crippen LogP contribution in [0.2, 0.25) is 0 Å². The zero-order valence-corrected chi connectivity index (χ0v) is 9.42. The van der Waals surface area contributed by atoms with E-state index in [1.54, 1.807) is 4.90 Å². The standard InChI is InChI=1S/C10H18ClNO2/c1-2-12(7-6-11)10(13)9-5-3-4-8-14-9/h9H,2-8H2,1H3. The van der Waals surface area contributed by atoms with Gasteiger partial charge >= 0.3 is 0 Å². The van der Waals surface area contributed by atoms with Gasteiger partial charge < -0.3 is 9.64 Å². The molecular weight excluding hydrogens is 202 g/mol. The van der Waals surface area contributed by atoms with E-state index in [0.29, 0.717) is 19.0 Å². The van der Waals surface area contributed by atoms with Gasteiger partial charge in [-0.15, -0.1) is 11.6 Å². The average Bonchev–Trinajstić information content (AvgIpc) is 2.26. The largest absolute Gasteiger partial charge is 0.368 e. The van der Waals surface area contributed by atoms with Gasteiger partial charge in [0.1, 0.15) is 6.10 Å². The first-order valence-electron chi connectivity index (χ1n) is 5.26. The zero-order valence-electron chi connectivity index (χ0n) is 8.67. The summed E-state index contributed by atoms with van der Waals surface area (Å²) in [4.78, 5) is 13.6. The van der Waals surface area contributed by atoms with E-state index in [9.17, 15) is 4.79 Å². The van der Waals surface area contributed by atoms with Gasteiger partial charge in [0.05, 0.1) is 0 Å². The zero-order chi connectivity index (χ0) is 10.4. The highest BCUT2D eigenvalue weighted by Gasteiger charge is 2.25. The summed E-state index contributed by atoms with van der Waals surface area (Å²) in [6, 6.07) is 0. The number of alkyl halides is 1. The smallest absolute Gasteiger partial charge is 0.251 e. The predicted molar refractivity (Wildman–Crippen MR) is 56.6 cm³/mol. The Morgan fingerprint density at radius 3 is 2.86 bits per heavy atom. The minimum absolute atomic E-state index is 0.104. The molecule has 0 radical (unpaired) electrons. The Hall–Kier alpha value is -0.280. The summed E-state index contributed by atoms with van der Waals surface area (Å²) in [5.74, 6) is 0.597. The molecule has 0 spiro atoms. The van der Waals surface area contributed by atoms with Crippen LogP contribution in [0.15, 0.2) is 0 Å². The maximum absolute atomic E-state index is 11.9. The summed E-state index contributed by atoms with van der Waals surface area (Å²) in [6.45, 7) is 4.02. The molecule has 1 aliphatic heterocycles. The Bertz CT molecular complexity index is 174. The number of halogens is 1. The average molecular weight is 220 g/mol. The van der Waals surface area contributed by atoms with E-state index < -0.39 is 0 Å². The van der Waals surface area contributed by atoms with Crippen molar-refractivity contribution in [1.29, 1.82) is 0 Å². The third-order valence-electron chi connectivity index (χ3n) is 2.50. The number of carbonyl (C=O) groups is 1. The van der Waals surface area contributed by atoms with Crippen LogP contribution in [0, 0.1) is 0 Å². The van der Waals surface area contributed by atoms with Gasteiger partial charge in [-0.25, -0.2) is 0 Å². The second kappa shape index (κ2) is 6.25. The van der Waals surface area contributed by atoms with Gasteiger partial charge in [0, 0.05) is 25.6 Å². The monoisotopic (exact) mass is 219 g/mol. The molecule has 1 saturated heterocycles. The van der Waals surface area contributed by atoms with Crippen molar-refractivity contribution in [2.24, 2.45) is 0 Å². The molecule has 82 valence electrons. The predicted octanol–water partition coefficient (Wildman–Crippen LogP) is 1.64. The maximum atomic E-state index is 11.9. The van der Waals surface area contributed by atoms with Crippen molar-refractivity contribution in [3.8, 4) is 0 Å².